The summed E-state index contributed by atoms with van der Waals surface area (Å²) in [5.74, 6) is -0.0828. The van der Waals surface area contributed by atoms with Crippen molar-refractivity contribution in [1.29, 1.82) is 0 Å². The zero-order chi connectivity index (χ0) is 16.3. The number of amides is 1. The van der Waals surface area contributed by atoms with Gasteiger partial charge in [-0.1, -0.05) is 6.07 Å². The highest BCUT2D eigenvalue weighted by molar-refractivity contribution is 6.03. The van der Waals surface area contributed by atoms with E-state index in [4.69, 9.17) is 4.74 Å². The number of nitrogens with zero attached hydrogens (tertiary/aromatic N) is 1. The lowest BCUT2D eigenvalue weighted by molar-refractivity contribution is 0.101. The minimum Gasteiger partial charge on any atom is -0.488 e. The maximum absolute atomic E-state index is 12.4. The number of ether oxygens (including phenoxy) is 1. The fraction of sp³-hybridized carbons (Fsp3) is 0.294. The topological polar surface area (TPSA) is 60.3 Å². The number of pyridine rings is 1. The average molecular weight is 300 g/mol. The zero-order valence-electron chi connectivity index (χ0n) is 13.3. The van der Waals surface area contributed by atoms with Crippen molar-refractivity contribution in [1.82, 2.24) is 4.57 Å². The van der Waals surface area contributed by atoms with Crippen LogP contribution in [0, 0.1) is 13.8 Å². The predicted octanol–water partition coefficient (Wildman–Crippen LogP) is 2.65. The van der Waals surface area contributed by atoms with Gasteiger partial charge in [0.15, 0.2) is 5.75 Å². The maximum atomic E-state index is 12.4. The molecular formula is C17H20N2O3. The number of hydrogen-bond donors (Lipinski definition) is 1. The van der Waals surface area contributed by atoms with Gasteiger partial charge in [0.05, 0.1) is 12.8 Å². The Bertz CT molecular complexity index is 743. The van der Waals surface area contributed by atoms with Crippen LogP contribution >= 0.6 is 0 Å². The molecule has 0 bridgehead atoms. The molecule has 0 saturated heterocycles. The highest BCUT2D eigenvalue weighted by Gasteiger charge is 2.13. The molecule has 22 heavy (non-hydrogen) atoms. The van der Waals surface area contributed by atoms with Crippen molar-refractivity contribution in [2.24, 2.45) is 7.05 Å². The molecule has 0 radical (unpaired) electrons. The standard InChI is InChI=1S/C17H20N2O3/c1-5-22-16-10-19(4)14(9-15(16)20)17(21)18-13-7-11(2)6-12(3)8-13/h6-10H,5H2,1-4H3,(H,18,21). The van der Waals surface area contributed by atoms with Gasteiger partial charge in [-0.3, -0.25) is 9.59 Å². The van der Waals surface area contributed by atoms with Crippen molar-refractivity contribution in [3.63, 3.8) is 0 Å². The second-order valence-electron chi connectivity index (χ2n) is 5.26. The van der Waals surface area contributed by atoms with Crippen LogP contribution in [0.15, 0.2) is 35.3 Å². The quantitative estimate of drug-likeness (QED) is 0.944. The molecule has 116 valence electrons. The lowest BCUT2D eigenvalue weighted by Gasteiger charge is -2.12. The molecule has 0 aliphatic rings. The van der Waals surface area contributed by atoms with Crippen molar-refractivity contribution in [3.05, 3.63) is 57.5 Å². The Hall–Kier alpha value is -2.56. The second kappa shape index (κ2) is 6.47. The first-order valence-corrected chi connectivity index (χ1v) is 7.14. The molecule has 0 aliphatic heterocycles. The van der Waals surface area contributed by atoms with Gasteiger partial charge in [0.1, 0.15) is 5.69 Å². The van der Waals surface area contributed by atoms with Crippen LogP contribution in [-0.2, 0) is 7.05 Å². The molecule has 0 saturated carbocycles. The summed E-state index contributed by atoms with van der Waals surface area (Å²) in [5.41, 5.74) is 2.83. The Morgan fingerprint density at radius 3 is 2.41 bits per heavy atom. The van der Waals surface area contributed by atoms with Crippen molar-refractivity contribution in [2.45, 2.75) is 20.8 Å². The summed E-state index contributed by atoms with van der Waals surface area (Å²) in [5, 5.41) is 2.82. The van der Waals surface area contributed by atoms with Gasteiger partial charge in [-0.25, -0.2) is 0 Å². The van der Waals surface area contributed by atoms with Crippen LogP contribution in [0.4, 0.5) is 5.69 Å². The minimum atomic E-state index is -0.326. The first-order chi connectivity index (χ1) is 10.4. The fourth-order valence-corrected chi connectivity index (χ4v) is 2.34. The number of aryl methyl sites for hydroxylation is 3. The number of benzene rings is 1. The summed E-state index contributed by atoms with van der Waals surface area (Å²) in [7, 11) is 1.71. The van der Waals surface area contributed by atoms with E-state index in [1.165, 1.54) is 12.3 Å². The molecule has 2 aromatic rings. The van der Waals surface area contributed by atoms with Crippen LogP contribution in [0.3, 0.4) is 0 Å². The number of carbonyl (C=O) groups is 1. The van der Waals surface area contributed by atoms with Crippen molar-refractivity contribution >= 4 is 11.6 Å². The van der Waals surface area contributed by atoms with E-state index in [1.54, 1.807) is 18.5 Å². The van der Waals surface area contributed by atoms with Gasteiger partial charge in [0.25, 0.3) is 5.91 Å². The Labute approximate surface area is 129 Å². The third-order valence-electron chi connectivity index (χ3n) is 3.21. The Kier molecular flexibility index (Phi) is 4.65. The number of carbonyl (C=O) groups excluding carboxylic acids is 1. The Balaban J connectivity index is 2.29. The summed E-state index contributed by atoms with van der Waals surface area (Å²) in [6, 6.07) is 7.10. The van der Waals surface area contributed by atoms with E-state index in [-0.39, 0.29) is 22.8 Å². The predicted molar refractivity (Wildman–Crippen MR) is 86.7 cm³/mol. The molecule has 0 fully saturated rings. The summed E-state index contributed by atoms with van der Waals surface area (Å²) in [6.07, 6.45) is 1.53. The van der Waals surface area contributed by atoms with Gasteiger partial charge in [-0.2, -0.15) is 0 Å². The largest absolute Gasteiger partial charge is 0.488 e. The smallest absolute Gasteiger partial charge is 0.272 e. The minimum absolute atomic E-state index is 0.243. The van der Waals surface area contributed by atoms with Gasteiger partial charge in [-0.15, -0.1) is 0 Å². The lowest BCUT2D eigenvalue weighted by atomic mass is 10.1. The van der Waals surface area contributed by atoms with Gasteiger partial charge in [-0.05, 0) is 44.0 Å². The van der Waals surface area contributed by atoms with E-state index in [0.717, 1.165) is 11.1 Å². The first-order valence-electron chi connectivity index (χ1n) is 7.14. The number of anilines is 1. The zero-order valence-corrected chi connectivity index (χ0v) is 13.3. The average Bonchev–Trinajstić information content (AvgIpc) is 2.41. The molecule has 0 aliphatic carbocycles. The van der Waals surface area contributed by atoms with Crippen LogP contribution in [0.25, 0.3) is 0 Å². The normalized spacial score (nSPS) is 10.4. The molecule has 0 atom stereocenters. The fourth-order valence-electron chi connectivity index (χ4n) is 2.34. The van der Waals surface area contributed by atoms with Crippen molar-refractivity contribution in [3.8, 4) is 5.75 Å². The Morgan fingerprint density at radius 1 is 1.18 bits per heavy atom. The Morgan fingerprint density at radius 2 is 1.82 bits per heavy atom. The SMILES string of the molecule is CCOc1cn(C)c(C(=O)Nc2cc(C)cc(C)c2)cc1=O. The molecule has 2 rings (SSSR count). The van der Waals surface area contributed by atoms with E-state index in [2.05, 4.69) is 5.32 Å². The molecule has 1 aromatic carbocycles. The summed E-state index contributed by atoms with van der Waals surface area (Å²) >= 11 is 0. The summed E-state index contributed by atoms with van der Waals surface area (Å²) < 4.78 is 6.82. The maximum Gasteiger partial charge on any atom is 0.272 e. The first kappa shape index (κ1) is 15.8. The monoisotopic (exact) mass is 300 g/mol. The van der Waals surface area contributed by atoms with Crippen LogP contribution in [-0.4, -0.2) is 17.1 Å². The van der Waals surface area contributed by atoms with Crippen LogP contribution in [0.1, 0.15) is 28.5 Å². The number of aromatic nitrogens is 1. The van der Waals surface area contributed by atoms with E-state index in [9.17, 15) is 9.59 Å². The van der Waals surface area contributed by atoms with Gasteiger partial charge < -0.3 is 14.6 Å². The highest BCUT2D eigenvalue weighted by Crippen LogP contribution is 2.15. The molecule has 5 heteroatoms. The number of rotatable bonds is 4. The van der Waals surface area contributed by atoms with Gasteiger partial charge in [0.2, 0.25) is 5.43 Å². The number of hydrogen-bond acceptors (Lipinski definition) is 3. The molecule has 1 N–H and O–H groups in total. The summed E-state index contributed by atoms with van der Waals surface area (Å²) in [6.45, 7) is 6.15. The second-order valence-corrected chi connectivity index (χ2v) is 5.26. The third-order valence-corrected chi connectivity index (χ3v) is 3.21. The highest BCUT2D eigenvalue weighted by atomic mass is 16.5. The molecule has 5 nitrogen and oxygen atoms in total. The van der Waals surface area contributed by atoms with Gasteiger partial charge in [0, 0.05) is 18.8 Å². The summed E-state index contributed by atoms with van der Waals surface area (Å²) in [4.78, 5) is 24.3. The lowest BCUT2D eigenvalue weighted by Crippen LogP contribution is -2.21. The van der Waals surface area contributed by atoms with E-state index in [1.807, 2.05) is 32.0 Å². The van der Waals surface area contributed by atoms with Crippen LogP contribution < -0.4 is 15.5 Å². The van der Waals surface area contributed by atoms with Crippen molar-refractivity contribution in [2.75, 3.05) is 11.9 Å². The molecule has 1 aromatic heterocycles. The molecule has 0 spiro atoms. The molecule has 1 heterocycles. The van der Waals surface area contributed by atoms with Crippen LogP contribution in [0.5, 0.6) is 5.75 Å². The van der Waals surface area contributed by atoms with E-state index < -0.39 is 0 Å². The van der Waals surface area contributed by atoms with E-state index >= 15 is 0 Å². The molecule has 1 amide bonds. The van der Waals surface area contributed by atoms with Crippen molar-refractivity contribution < 1.29 is 9.53 Å². The molecular weight excluding hydrogens is 280 g/mol. The van der Waals surface area contributed by atoms with Crippen LogP contribution in [0.2, 0.25) is 0 Å². The molecule has 0 unspecified atom stereocenters. The number of nitrogens with one attached hydrogen (secondary N) is 1. The van der Waals surface area contributed by atoms with E-state index in [0.29, 0.717) is 12.3 Å². The third kappa shape index (κ3) is 3.55. The van der Waals surface area contributed by atoms with Gasteiger partial charge >= 0.3 is 0 Å².